The third-order valence-electron chi connectivity index (χ3n) is 4.12. The minimum atomic E-state index is -0.980. The summed E-state index contributed by atoms with van der Waals surface area (Å²) in [5.41, 5.74) is 1.99. The predicted octanol–water partition coefficient (Wildman–Crippen LogP) is 2.41. The summed E-state index contributed by atoms with van der Waals surface area (Å²) in [6.07, 6.45) is 2.35. The Kier molecular flexibility index (Phi) is 4.35. The van der Waals surface area contributed by atoms with E-state index in [4.69, 9.17) is 0 Å². The molecule has 2 rings (SSSR count). The Morgan fingerprint density at radius 1 is 1.24 bits per heavy atom. The SMILES string of the molecule is CC(C)(C)C(NC(=O)C1CCc2ccccc2C1)C(=O)O. The van der Waals surface area contributed by atoms with E-state index < -0.39 is 17.4 Å². The van der Waals surface area contributed by atoms with Crippen molar-refractivity contribution in [3.63, 3.8) is 0 Å². The average Bonchev–Trinajstić information content (AvgIpc) is 2.42. The molecule has 0 bridgehead atoms. The van der Waals surface area contributed by atoms with E-state index in [2.05, 4.69) is 11.4 Å². The van der Waals surface area contributed by atoms with E-state index in [-0.39, 0.29) is 11.8 Å². The first-order valence-corrected chi connectivity index (χ1v) is 7.39. The fraction of sp³-hybridized carbons (Fsp3) is 0.529. The van der Waals surface area contributed by atoms with Crippen LogP contribution in [0.15, 0.2) is 24.3 Å². The van der Waals surface area contributed by atoms with Crippen LogP contribution >= 0.6 is 0 Å². The molecule has 0 aliphatic heterocycles. The largest absolute Gasteiger partial charge is 0.480 e. The summed E-state index contributed by atoms with van der Waals surface area (Å²) >= 11 is 0. The summed E-state index contributed by atoms with van der Waals surface area (Å²) in [5.74, 6) is -1.26. The molecule has 2 N–H and O–H groups in total. The number of amides is 1. The highest BCUT2D eigenvalue weighted by atomic mass is 16.4. The average molecular weight is 289 g/mol. The zero-order valence-electron chi connectivity index (χ0n) is 12.8. The minimum Gasteiger partial charge on any atom is -0.480 e. The minimum absolute atomic E-state index is 0.135. The van der Waals surface area contributed by atoms with Crippen LogP contribution in [0, 0.1) is 11.3 Å². The summed E-state index contributed by atoms with van der Waals surface area (Å²) in [4.78, 5) is 23.7. The Hall–Kier alpha value is -1.84. The molecule has 0 aromatic heterocycles. The number of carbonyl (C=O) groups is 2. The van der Waals surface area contributed by atoms with E-state index in [0.29, 0.717) is 6.42 Å². The van der Waals surface area contributed by atoms with Gasteiger partial charge in [0.05, 0.1) is 0 Å². The molecule has 2 atom stereocenters. The summed E-state index contributed by atoms with van der Waals surface area (Å²) in [7, 11) is 0. The van der Waals surface area contributed by atoms with Crippen molar-refractivity contribution >= 4 is 11.9 Å². The maximum atomic E-state index is 12.4. The van der Waals surface area contributed by atoms with Gasteiger partial charge in [-0.25, -0.2) is 4.79 Å². The van der Waals surface area contributed by atoms with Crippen LogP contribution in [0.3, 0.4) is 0 Å². The normalized spacial score (nSPS) is 19.5. The van der Waals surface area contributed by atoms with Crippen molar-refractivity contribution in [3.05, 3.63) is 35.4 Å². The smallest absolute Gasteiger partial charge is 0.326 e. The fourth-order valence-corrected chi connectivity index (χ4v) is 2.83. The first kappa shape index (κ1) is 15.5. The number of fused-ring (bicyclic) bond motifs is 1. The van der Waals surface area contributed by atoms with E-state index in [1.807, 2.05) is 39.0 Å². The lowest BCUT2D eigenvalue weighted by atomic mass is 9.82. The standard InChI is InChI=1S/C17H23NO3/c1-17(2,3)14(16(20)21)18-15(19)13-9-8-11-6-4-5-7-12(11)10-13/h4-7,13-14H,8-10H2,1-3H3,(H,18,19)(H,20,21). The van der Waals surface area contributed by atoms with Crippen molar-refractivity contribution in [1.29, 1.82) is 0 Å². The van der Waals surface area contributed by atoms with Gasteiger partial charge in [-0.15, -0.1) is 0 Å². The van der Waals surface area contributed by atoms with Gasteiger partial charge in [0.1, 0.15) is 6.04 Å². The van der Waals surface area contributed by atoms with Crippen LogP contribution < -0.4 is 5.32 Å². The van der Waals surface area contributed by atoms with E-state index in [1.54, 1.807) is 0 Å². The Morgan fingerprint density at radius 2 is 1.86 bits per heavy atom. The highest BCUT2D eigenvalue weighted by Gasteiger charge is 2.35. The number of hydrogen-bond donors (Lipinski definition) is 2. The van der Waals surface area contributed by atoms with Crippen molar-refractivity contribution in [2.24, 2.45) is 11.3 Å². The van der Waals surface area contributed by atoms with Crippen LogP contribution in [-0.4, -0.2) is 23.0 Å². The quantitative estimate of drug-likeness (QED) is 0.898. The second-order valence-electron chi connectivity index (χ2n) is 6.85. The summed E-state index contributed by atoms with van der Waals surface area (Å²) < 4.78 is 0. The third-order valence-corrected chi connectivity index (χ3v) is 4.12. The number of carbonyl (C=O) groups excluding carboxylic acids is 1. The van der Waals surface area contributed by atoms with Gasteiger partial charge in [-0.3, -0.25) is 4.79 Å². The first-order chi connectivity index (χ1) is 9.79. The number of carboxylic acid groups (broad SMARTS) is 1. The van der Waals surface area contributed by atoms with Gasteiger partial charge in [0.2, 0.25) is 5.91 Å². The first-order valence-electron chi connectivity index (χ1n) is 7.39. The summed E-state index contributed by atoms with van der Waals surface area (Å²) in [5, 5.41) is 12.0. The van der Waals surface area contributed by atoms with Crippen molar-refractivity contribution < 1.29 is 14.7 Å². The Bertz CT molecular complexity index is 545. The molecule has 1 aromatic carbocycles. The number of carboxylic acids is 1. The third kappa shape index (κ3) is 3.63. The van der Waals surface area contributed by atoms with Crippen LogP contribution in [-0.2, 0) is 22.4 Å². The monoisotopic (exact) mass is 289 g/mol. The Labute approximate surface area is 125 Å². The Balaban J connectivity index is 2.06. The van der Waals surface area contributed by atoms with Gasteiger partial charge in [-0.1, -0.05) is 45.0 Å². The molecule has 0 saturated carbocycles. The molecular formula is C17H23NO3. The molecule has 1 amide bonds. The van der Waals surface area contributed by atoms with Gasteiger partial charge in [0.25, 0.3) is 0 Å². The molecule has 4 heteroatoms. The van der Waals surface area contributed by atoms with Gasteiger partial charge in [0.15, 0.2) is 0 Å². The molecule has 0 fully saturated rings. The van der Waals surface area contributed by atoms with Crippen LogP contribution in [0.25, 0.3) is 0 Å². The number of aryl methyl sites for hydroxylation is 1. The molecule has 0 radical (unpaired) electrons. The van der Waals surface area contributed by atoms with Gasteiger partial charge >= 0.3 is 5.97 Å². The second kappa shape index (κ2) is 5.88. The van der Waals surface area contributed by atoms with Gasteiger partial charge < -0.3 is 10.4 Å². The van der Waals surface area contributed by atoms with E-state index in [9.17, 15) is 14.7 Å². The van der Waals surface area contributed by atoms with Gasteiger partial charge in [-0.2, -0.15) is 0 Å². The fourth-order valence-electron chi connectivity index (χ4n) is 2.83. The maximum absolute atomic E-state index is 12.4. The highest BCUT2D eigenvalue weighted by Crippen LogP contribution is 2.26. The zero-order valence-corrected chi connectivity index (χ0v) is 12.8. The molecule has 114 valence electrons. The van der Waals surface area contributed by atoms with Crippen LogP contribution in [0.1, 0.15) is 38.3 Å². The molecule has 1 aromatic rings. The van der Waals surface area contributed by atoms with Gasteiger partial charge in [-0.05, 0) is 35.8 Å². The highest BCUT2D eigenvalue weighted by molar-refractivity contribution is 5.85. The maximum Gasteiger partial charge on any atom is 0.326 e. The number of hydrogen-bond acceptors (Lipinski definition) is 2. The number of nitrogens with one attached hydrogen (secondary N) is 1. The molecular weight excluding hydrogens is 266 g/mol. The lowest BCUT2D eigenvalue weighted by Gasteiger charge is -2.30. The van der Waals surface area contributed by atoms with Crippen molar-refractivity contribution in [2.75, 3.05) is 0 Å². The lowest BCUT2D eigenvalue weighted by Crippen LogP contribution is -2.51. The van der Waals surface area contributed by atoms with E-state index >= 15 is 0 Å². The van der Waals surface area contributed by atoms with E-state index in [0.717, 1.165) is 12.8 Å². The molecule has 1 aliphatic rings. The van der Waals surface area contributed by atoms with Crippen molar-refractivity contribution in [3.8, 4) is 0 Å². The van der Waals surface area contributed by atoms with Gasteiger partial charge in [0, 0.05) is 5.92 Å². The zero-order chi connectivity index (χ0) is 15.6. The Morgan fingerprint density at radius 3 is 2.43 bits per heavy atom. The van der Waals surface area contributed by atoms with Crippen LogP contribution in [0.2, 0.25) is 0 Å². The molecule has 21 heavy (non-hydrogen) atoms. The molecule has 0 spiro atoms. The molecule has 4 nitrogen and oxygen atoms in total. The summed E-state index contributed by atoms with van der Waals surface area (Å²) in [6, 6.07) is 7.28. The number of rotatable bonds is 3. The number of benzene rings is 1. The van der Waals surface area contributed by atoms with Crippen LogP contribution in [0.4, 0.5) is 0 Å². The molecule has 0 heterocycles. The number of aliphatic carboxylic acids is 1. The van der Waals surface area contributed by atoms with Crippen LogP contribution in [0.5, 0.6) is 0 Å². The van der Waals surface area contributed by atoms with Crippen molar-refractivity contribution in [2.45, 2.75) is 46.1 Å². The van der Waals surface area contributed by atoms with E-state index in [1.165, 1.54) is 11.1 Å². The summed E-state index contributed by atoms with van der Waals surface area (Å²) in [6.45, 7) is 5.46. The molecule has 1 aliphatic carbocycles. The van der Waals surface area contributed by atoms with Crippen molar-refractivity contribution in [1.82, 2.24) is 5.32 Å². The molecule has 2 unspecified atom stereocenters. The molecule has 0 saturated heterocycles. The predicted molar refractivity (Wildman–Crippen MR) is 81.0 cm³/mol. The second-order valence-corrected chi connectivity index (χ2v) is 6.85. The topological polar surface area (TPSA) is 66.4 Å². The lowest BCUT2D eigenvalue weighted by molar-refractivity contribution is -0.145.